The highest BCUT2D eigenvalue weighted by Gasteiger charge is 2.59. The third kappa shape index (κ3) is 4.69. The molecule has 0 amide bonds. The van der Waals surface area contributed by atoms with Crippen LogP contribution in [0.1, 0.15) is 118 Å². The number of ether oxygens (including phenoxy) is 1. The van der Waals surface area contributed by atoms with Crippen molar-refractivity contribution >= 4 is 17.5 Å². The largest absolute Gasteiger partial charge is 0.462 e. The molecule has 0 heterocycles. The smallest absolute Gasteiger partial charge is 0.302 e. The summed E-state index contributed by atoms with van der Waals surface area (Å²) in [7, 11) is 0. The molecule has 0 saturated heterocycles. The van der Waals surface area contributed by atoms with Gasteiger partial charge in [-0.05, 0) is 146 Å². The first-order chi connectivity index (χ1) is 20.9. The molecule has 8 aliphatic carbocycles. The minimum absolute atomic E-state index is 0.0117. The van der Waals surface area contributed by atoms with Crippen LogP contribution in [0.5, 0.6) is 0 Å². The Labute approximate surface area is 263 Å². The zero-order valence-corrected chi connectivity index (χ0v) is 27.3. The molecule has 4 fully saturated rings. The number of carbonyl (C=O) groups is 3. The monoisotopic (exact) mass is 600 g/mol. The Hall–Kier alpha value is -2.27. The van der Waals surface area contributed by atoms with Gasteiger partial charge in [0, 0.05) is 25.2 Å². The fourth-order valence-corrected chi connectivity index (χ4v) is 11.9. The maximum atomic E-state index is 11.8. The van der Waals surface area contributed by atoms with Crippen molar-refractivity contribution in [1.29, 1.82) is 0 Å². The molecule has 238 valence electrons. The number of rotatable bonds is 1. The SMILES string of the molecule is CC(=O)O[C@H]1CC[C@H]2[C@@H]3CCC4=CC(=O)CCC4=C3C=C[C@]12C.C[C@]12CC[C@H]3[C@@H](CCC4=CC(=O)CC[C@@]43C)[C@@H]1CC[C@@H]2O. The molecular formula is C39H52O5. The standard InChI is InChI=1S/C20H24O3.C19H28O2/c1-12(21)23-19-8-7-18-17-5-3-13-11-14(22)4-6-15(13)16(17)9-10-20(18,19)2;1-18-9-7-13(20)11-12(18)3-4-14-15-5-6-17(21)19(15,2)10-8-16(14)18/h9-11,17-19H,3-8H2,1-2H3;11,14-17,21H,3-10H2,1-2H3/t17-,18+,19+,20+;14-,15-,16-,17-,18-,19-/m10/s1. The van der Waals surface area contributed by atoms with Crippen LogP contribution in [0.25, 0.3) is 0 Å². The van der Waals surface area contributed by atoms with Crippen molar-refractivity contribution in [2.75, 3.05) is 0 Å². The molecule has 0 aliphatic heterocycles. The summed E-state index contributed by atoms with van der Waals surface area (Å²) in [6.45, 7) is 8.53. The van der Waals surface area contributed by atoms with E-state index in [-0.39, 0.29) is 40.2 Å². The average molecular weight is 601 g/mol. The molecule has 5 heteroatoms. The lowest BCUT2D eigenvalue weighted by Gasteiger charge is -2.57. The number of hydrogen-bond acceptors (Lipinski definition) is 5. The normalized spacial score (nSPS) is 45.3. The first-order valence-corrected chi connectivity index (χ1v) is 17.7. The summed E-state index contributed by atoms with van der Waals surface area (Å²) in [5, 5.41) is 10.4. The van der Waals surface area contributed by atoms with Crippen molar-refractivity contribution in [3.8, 4) is 0 Å². The van der Waals surface area contributed by atoms with Gasteiger partial charge in [-0.1, -0.05) is 38.5 Å². The molecule has 0 spiro atoms. The molecule has 0 aromatic heterocycles. The Bertz CT molecular complexity index is 1380. The van der Waals surface area contributed by atoms with Crippen molar-refractivity contribution in [2.24, 2.45) is 45.8 Å². The fourth-order valence-electron chi connectivity index (χ4n) is 11.9. The molecule has 8 aliphatic rings. The summed E-state index contributed by atoms with van der Waals surface area (Å²) < 4.78 is 5.62. The molecule has 0 bridgehead atoms. The van der Waals surface area contributed by atoms with Gasteiger partial charge in [0.25, 0.3) is 0 Å². The number of allylic oxidation sites excluding steroid dienone is 6. The van der Waals surface area contributed by atoms with Crippen LogP contribution in [-0.4, -0.2) is 34.9 Å². The Morgan fingerprint density at radius 1 is 0.818 bits per heavy atom. The molecule has 0 aromatic carbocycles. The molecule has 0 radical (unpaired) electrons. The minimum Gasteiger partial charge on any atom is -0.462 e. The van der Waals surface area contributed by atoms with Gasteiger partial charge in [0.15, 0.2) is 11.6 Å². The summed E-state index contributed by atoms with van der Waals surface area (Å²) >= 11 is 0. The Morgan fingerprint density at radius 3 is 2.39 bits per heavy atom. The van der Waals surface area contributed by atoms with E-state index in [2.05, 4.69) is 32.9 Å². The Kier molecular flexibility index (Phi) is 7.54. The predicted molar refractivity (Wildman–Crippen MR) is 170 cm³/mol. The highest BCUT2D eigenvalue weighted by atomic mass is 16.5. The second-order valence-corrected chi connectivity index (χ2v) is 16.3. The van der Waals surface area contributed by atoms with Gasteiger partial charge in [-0.2, -0.15) is 0 Å². The van der Waals surface area contributed by atoms with Gasteiger partial charge in [0.1, 0.15) is 6.10 Å². The van der Waals surface area contributed by atoms with Gasteiger partial charge in [-0.15, -0.1) is 0 Å². The highest BCUT2D eigenvalue weighted by molar-refractivity contribution is 5.93. The number of fused-ring (bicyclic) bond motifs is 9. The van der Waals surface area contributed by atoms with Crippen LogP contribution in [-0.2, 0) is 19.1 Å². The summed E-state index contributed by atoms with van der Waals surface area (Å²) in [4.78, 5) is 34.9. The van der Waals surface area contributed by atoms with Crippen LogP contribution in [0, 0.1) is 45.8 Å². The van der Waals surface area contributed by atoms with Crippen LogP contribution in [0.4, 0.5) is 0 Å². The van der Waals surface area contributed by atoms with E-state index in [9.17, 15) is 19.5 Å². The summed E-state index contributed by atoms with van der Waals surface area (Å²) in [5.41, 5.74) is 6.01. The Balaban J connectivity index is 0.000000143. The number of esters is 1. The predicted octanol–water partition coefficient (Wildman–Crippen LogP) is 7.78. The molecule has 1 N–H and O–H groups in total. The molecule has 4 saturated carbocycles. The third-order valence-corrected chi connectivity index (χ3v) is 14.4. The number of hydrogen-bond donors (Lipinski definition) is 1. The molecule has 0 aromatic rings. The van der Waals surface area contributed by atoms with Crippen LogP contribution >= 0.6 is 0 Å². The van der Waals surface area contributed by atoms with Crippen molar-refractivity contribution in [2.45, 2.75) is 130 Å². The van der Waals surface area contributed by atoms with Gasteiger partial charge in [-0.3, -0.25) is 14.4 Å². The number of aliphatic hydroxyl groups is 1. The summed E-state index contributed by atoms with van der Waals surface area (Å²) in [6.07, 6.45) is 22.9. The number of ketones is 2. The fraction of sp³-hybridized carbons (Fsp3) is 0.718. The van der Waals surface area contributed by atoms with E-state index in [1.807, 2.05) is 12.2 Å². The number of carbonyl (C=O) groups excluding carboxylic acids is 3. The van der Waals surface area contributed by atoms with Crippen LogP contribution in [0.2, 0.25) is 0 Å². The molecule has 0 unspecified atom stereocenters. The van der Waals surface area contributed by atoms with Gasteiger partial charge >= 0.3 is 5.97 Å². The van der Waals surface area contributed by atoms with Gasteiger partial charge in [-0.25, -0.2) is 0 Å². The van der Waals surface area contributed by atoms with E-state index >= 15 is 0 Å². The lowest BCUT2D eigenvalue weighted by Crippen LogP contribution is -2.51. The average Bonchev–Trinajstić information content (AvgIpc) is 3.48. The maximum absolute atomic E-state index is 11.8. The second-order valence-electron chi connectivity index (χ2n) is 16.3. The topological polar surface area (TPSA) is 80.7 Å². The highest BCUT2D eigenvalue weighted by Crippen LogP contribution is 2.65. The Morgan fingerprint density at radius 2 is 1.59 bits per heavy atom. The summed E-state index contributed by atoms with van der Waals surface area (Å²) in [6, 6.07) is 0. The first-order valence-electron chi connectivity index (χ1n) is 17.7. The number of aliphatic hydroxyl groups excluding tert-OH is 1. The van der Waals surface area contributed by atoms with E-state index in [0.29, 0.717) is 30.0 Å². The molecule has 44 heavy (non-hydrogen) atoms. The van der Waals surface area contributed by atoms with E-state index in [1.165, 1.54) is 54.9 Å². The zero-order valence-electron chi connectivity index (χ0n) is 27.3. The molecular weight excluding hydrogens is 548 g/mol. The van der Waals surface area contributed by atoms with E-state index in [4.69, 9.17) is 4.74 Å². The summed E-state index contributed by atoms with van der Waals surface area (Å²) in [5.74, 6) is 3.80. The lowest BCUT2D eigenvalue weighted by atomic mass is 9.47. The minimum atomic E-state index is -0.172. The van der Waals surface area contributed by atoms with Crippen molar-refractivity contribution in [3.63, 3.8) is 0 Å². The van der Waals surface area contributed by atoms with Gasteiger partial charge in [0.2, 0.25) is 0 Å². The van der Waals surface area contributed by atoms with Crippen molar-refractivity contribution < 1.29 is 24.2 Å². The van der Waals surface area contributed by atoms with Crippen LogP contribution in [0.15, 0.2) is 46.6 Å². The second kappa shape index (κ2) is 10.9. The van der Waals surface area contributed by atoms with Crippen LogP contribution in [0.3, 0.4) is 0 Å². The van der Waals surface area contributed by atoms with Crippen LogP contribution < -0.4 is 0 Å². The molecule has 10 atom stereocenters. The quantitative estimate of drug-likeness (QED) is 0.311. The third-order valence-electron chi connectivity index (χ3n) is 14.4. The van der Waals surface area contributed by atoms with Gasteiger partial charge < -0.3 is 9.84 Å². The lowest BCUT2D eigenvalue weighted by molar-refractivity contribution is -0.150. The first kappa shape index (κ1) is 30.4. The van der Waals surface area contributed by atoms with Crippen molar-refractivity contribution in [3.05, 3.63) is 46.6 Å². The van der Waals surface area contributed by atoms with E-state index in [1.54, 1.807) is 0 Å². The van der Waals surface area contributed by atoms with Crippen molar-refractivity contribution in [1.82, 2.24) is 0 Å². The van der Waals surface area contributed by atoms with E-state index < -0.39 is 0 Å². The molecule has 5 nitrogen and oxygen atoms in total. The zero-order chi connectivity index (χ0) is 31.0. The maximum Gasteiger partial charge on any atom is 0.302 e. The van der Waals surface area contributed by atoms with Gasteiger partial charge in [0.05, 0.1) is 6.10 Å². The molecule has 8 rings (SSSR count). The van der Waals surface area contributed by atoms with E-state index in [0.717, 1.165) is 69.6 Å².